The van der Waals surface area contributed by atoms with Crippen LogP contribution in [0.25, 0.3) is 0 Å². The van der Waals surface area contributed by atoms with E-state index in [1.54, 1.807) is 13.2 Å². The second kappa shape index (κ2) is 10.1. The van der Waals surface area contributed by atoms with Gasteiger partial charge in [-0.3, -0.25) is 4.79 Å². The number of methoxy groups -OCH3 is 1. The van der Waals surface area contributed by atoms with Crippen molar-refractivity contribution in [3.05, 3.63) is 94.5 Å². The first-order valence-electron chi connectivity index (χ1n) is 11.0. The Balaban J connectivity index is 1.31. The number of nitrogens with one attached hydrogen (secondary N) is 1. The van der Waals surface area contributed by atoms with Crippen LogP contribution < -0.4 is 14.8 Å². The van der Waals surface area contributed by atoms with Crippen LogP contribution in [0.15, 0.2) is 72.8 Å². The van der Waals surface area contributed by atoms with E-state index in [1.807, 2.05) is 66.7 Å². The van der Waals surface area contributed by atoms with Crippen molar-refractivity contribution in [2.24, 2.45) is 0 Å². The monoisotopic (exact) mass is 449 g/mol. The Hall–Kier alpha value is -2.98. The standard InChI is InChI=1S/C27H28ClNO3/c1-31-25-18-22(28)10-13-24(25)27(15-5-16-27)26(30)29-17-14-20-8-11-23(12-9-20)32-19-21-6-3-2-4-7-21/h2-4,6-13,18H,5,14-17,19H2,1H3,(H,29,30). The number of hydrogen-bond donors (Lipinski definition) is 1. The van der Waals surface area contributed by atoms with E-state index in [4.69, 9.17) is 21.1 Å². The maximum Gasteiger partial charge on any atom is 0.230 e. The number of rotatable bonds is 9. The maximum atomic E-state index is 13.1. The van der Waals surface area contributed by atoms with Crippen molar-refractivity contribution >= 4 is 17.5 Å². The number of ether oxygens (including phenoxy) is 2. The smallest absolute Gasteiger partial charge is 0.230 e. The molecule has 32 heavy (non-hydrogen) atoms. The van der Waals surface area contributed by atoms with E-state index in [9.17, 15) is 4.79 Å². The lowest BCUT2D eigenvalue weighted by atomic mass is 9.63. The molecule has 0 unspecified atom stereocenters. The van der Waals surface area contributed by atoms with Crippen LogP contribution in [0, 0.1) is 0 Å². The fourth-order valence-corrected chi connectivity index (χ4v) is 4.35. The molecular weight excluding hydrogens is 422 g/mol. The molecule has 1 fully saturated rings. The Labute approximate surface area is 194 Å². The zero-order valence-electron chi connectivity index (χ0n) is 18.3. The highest BCUT2D eigenvalue weighted by Crippen LogP contribution is 2.47. The lowest BCUT2D eigenvalue weighted by Crippen LogP contribution is -2.49. The summed E-state index contributed by atoms with van der Waals surface area (Å²) in [6.07, 6.45) is 3.44. The van der Waals surface area contributed by atoms with Crippen molar-refractivity contribution in [1.29, 1.82) is 0 Å². The summed E-state index contributed by atoms with van der Waals surface area (Å²) in [6.45, 7) is 1.13. The molecule has 4 rings (SSSR count). The number of benzene rings is 3. The lowest BCUT2D eigenvalue weighted by molar-refractivity contribution is -0.129. The average molecular weight is 450 g/mol. The van der Waals surface area contributed by atoms with E-state index in [1.165, 1.54) is 0 Å². The normalized spacial score (nSPS) is 14.3. The molecule has 0 aromatic heterocycles. The third kappa shape index (κ3) is 4.91. The van der Waals surface area contributed by atoms with E-state index < -0.39 is 5.41 Å². The Morgan fingerprint density at radius 3 is 2.41 bits per heavy atom. The van der Waals surface area contributed by atoms with Crippen LogP contribution in [0.4, 0.5) is 0 Å². The van der Waals surface area contributed by atoms with Crippen molar-refractivity contribution < 1.29 is 14.3 Å². The quantitative estimate of drug-likeness (QED) is 0.455. The molecule has 3 aromatic carbocycles. The van der Waals surface area contributed by atoms with Gasteiger partial charge >= 0.3 is 0 Å². The van der Waals surface area contributed by atoms with Crippen LogP contribution >= 0.6 is 11.6 Å². The highest BCUT2D eigenvalue weighted by atomic mass is 35.5. The van der Waals surface area contributed by atoms with Gasteiger partial charge in [-0.1, -0.05) is 66.6 Å². The molecule has 1 saturated carbocycles. The summed E-state index contributed by atoms with van der Waals surface area (Å²) in [5.41, 5.74) is 2.70. The third-order valence-corrected chi connectivity index (χ3v) is 6.43. The average Bonchev–Trinajstić information content (AvgIpc) is 2.79. The van der Waals surface area contributed by atoms with Crippen molar-refractivity contribution in [3.63, 3.8) is 0 Å². The molecule has 4 nitrogen and oxygen atoms in total. The fraction of sp³-hybridized carbons (Fsp3) is 0.296. The van der Waals surface area contributed by atoms with E-state index in [-0.39, 0.29) is 5.91 Å². The Bertz CT molecular complexity index is 1050. The fourth-order valence-electron chi connectivity index (χ4n) is 4.19. The highest BCUT2D eigenvalue weighted by molar-refractivity contribution is 6.30. The summed E-state index contributed by atoms with van der Waals surface area (Å²) in [7, 11) is 1.62. The molecule has 0 radical (unpaired) electrons. The molecule has 1 aliphatic carbocycles. The van der Waals surface area contributed by atoms with Gasteiger partial charge in [-0.25, -0.2) is 0 Å². The molecule has 0 aliphatic heterocycles. The molecule has 1 aliphatic rings. The predicted molar refractivity (Wildman–Crippen MR) is 127 cm³/mol. The number of halogens is 1. The van der Waals surface area contributed by atoms with Gasteiger partial charge in [-0.05, 0) is 54.7 Å². The van der Waals surface area contributed by atoms with Crippen molar-refractivity contribution in [1.82, 2.24) is 5.32 Å². The maximum absolute atomic E-state index is 13.1. The summed E-state index contributed by atoms with van der Waals surface area (Å²) in [5.74, 6) is 1.58. The molecule has 0 spiro atoms. The molecule has 0 atom stereocenters. The van der Waals surface area contributed by atoms with E-state index in [2.05, 4.69) is 5.32 Å². The van der Waals surface area contributed by atoms with Gasteiger partial charge in [0.05, 0.1) is 12.5 Å². The minimum atomic E-state index is -0.523. The Kier molecular flexibility index (Phi) is 7.01. The van der Waals surface area contributed by atoms with E-state index in [0.717, 1.165) is 48.1 Å². The van der Waals surface area contributed by atoms with Crippen molar-refractivity contribution in [3.8, 4) is 11.5 Å². The first-order valence-corrected chi connectivity index (χ1v) is 11.4. The van der Waals surface area contributed by atoms with Crippen LogP contribution in [-0.4, -0.2) is 19.6 Å². The van der Waals surface area contributed by atoms with Gasteiger partial charge in [0.25, 0.3) is 0 Å². The summed E-state index contributed by atoms with van der Waals surface area (Å²) in [5, 5.41) is 3.75. The molecule has 1 amide bonds. The Morgan fingerprint density at radius 2 is 1.75 bits per heavy atom. The van der Waals surface area contributed by atoms with Crippen LogP contribution in [0.1, 0.15) is 36.0 Å². The largest absolute Gasteiger partial charge is 0.496 e. The molecule has 3 aromatic rings. The van der Waals surface area contributed by atoms with Crippen LogP contribution in [0.3, 0.4) is 0 Å². The molecule has 5 heteroatoms. The third-order valence-electron chi connectivity index (χ3n) is 6.19. The molecule has 0 heterocycles. The number of carbonyl (C=O) groups excluding carboxylic acids is 1. The Morgan fingerprint density at radius 1 is 1.00 bits per heavy atom. The molecular formula is C27H28ClNO3. The summed E-state index contributed by atoms with van der Waals surface area (Å²) >= 11 is 6.11. The van der Waals surface area contributed by atoms with Gasteiger partial charge in [0.15, 0.2) is 0 Å². The predicted octanol–water partition coefficient (Wildman–Crippen LogP) is 5.71. The zero-order valence-corrected chi connectivity index (χ0v) is 19.0. The molecule has 0 bridgehead atoms. The summed E-state index contributed by atoms with van der Waals surface area (Å²) in [4.78, 5) is 13.1. The topological polar surface area (TPSA) is 47.6 Å². The first kappa shape index (κ1) is 22.2. The number of hydrogen-bond acceptors (Lipinski definition) is 3. The minimum Gasteiger partial charge on any atom is -0.496 e. The minimum absolute atomic E-state index is 0.0622. The second-order valence-electron chi connectivity index (χ2n) is 8.20. The van der Waals surface area contributed by atoms with Gasteiger partial charge in [0.2, 0.25) is 5.91 Å². The van der Waals surface area contributed by atoms with Gasteiger partial charge < -0.3 is 14.8 Å². The molecule has 1 N–H and O–H groups in total. The van der Waals surface area contributed by atoms with Crippen LogP contribution in [-0.2, 0) is 23.2 Å². The van der Waals surface area contributed by atoms with Gasteiger partial charge in [0.1, 0.15) is 18.1 Å². The summed E-state index contributed by atoms with van der Waals surface area (Å²) in [6, 6.07) is 23.7. The SMILES string of the molecule is COc1cc(Cl)ccc1C1(C(=O)NCCc2ccc(OCc3ccccc3)cc2)CCC1. The van der Waals surface area contributed by atoms with E-state index in [0.29, 0.717) is 23.9 Å². The summed E-state index contributed by atoms with van der Waals surface area (Å²) < 4.78 is 11.4. The van der Waals surface area contributed by atoms with E-state index >= 15 is 0 Å². The van der Waals surface area contributed by atoms with Crippen LogP contribution in [0.5, 0.6) is 11.5 Å². The highest BCUT2D eigenvalue weighted by Gasteiger charge is 2.47. The molecule has 166 valence electrons. The van der Waals surface area contributed by atoms with Crippen LogP contribution in [0.2, 0.25) is 5.02 Å². The van der Waals surface area contributed by atoms with Gasteiger partial charge in [-0.2, -0.15) is 0 Å². The first-order chi connectivity index (χ1) is 15.6. The second-order valence-corrected chi connectivity index (χ2v) is 8.64. The van der Waals surface area contributed by atoms with Crippen molar-refractivity contribution in [2.45, 2.75) is 37.7 Å². The number of amides is 1. The molecule has 0 saturated heterocycles. The van der Waals surface area contributed by atoms with Gasteiger partial charge in [-0.15, -0.1) is 0 Å². The number of carbonyl (C=O) groups is 1. The lowest BCUT2D eigenvalue weighted by Gasteiger charge is -2.41. The van der Waals surface area contributed by atoms with Crippen molar-refractivity contribution in [2.75, 3.05) is 13.7 Å². The van der Waals surface area contributed by atoms with Gasteiger partial charge in [0, 0.05) is 17.1 Å². The zero-order chi connectivity index (χ0) is 22.4.